The summed E-state index contributed by atoms with van der Waals surface area (Å²) in [6.07, 6.45) is 0. The second kappa shape index (κ2) is 8.84. The first-order chi connectivity index (χ1) is 16.1. The molecule has 33 heavy (non-hydrogen) atoms. The Balaban J connectivity index is 1.42. The molecule has 0 radical (unpaired) electrons. The molecule has 0 aliphatic carbocycles. The van der Waals surface area contributed by atoms with E-state index in [2.05, 4.69) is 15.4 Å². The number of nitrogens with zero attached hydrogens (tertiary/aromatic N) is 4. The summed E-state index contributed by atoms with van der Waals surface area (Å²) < 4.78 is 7.45. The molecule has 164 valence electrons. The van der Waals surface area contributed by atoms with Gasteiger partial charge in [-0.05, 0) is 25.1 Å². The number of amides is 1. The zero-order valence-electron chi connectivity index (χ0n) is 18.1. The van der Waals surface area contributed by atoms with E-state index in [1.165, 1.54) is 11.3 Å². The molecule has 7 nitrogen and oxygen atoms in total. The number of benzene rings is 2. The maximum atomic E-state index is 13.3. The van der Waals surface area contributed by atoms with E-state index >= 15 is 0 Å². The Morgan fingerprint density at radius 2 is 1.79 bits per heavy atom. The van der Waals surface area contributed by atoms with E-state index in [9.17, 15) is 4.79 Å². The first kappa shape index (κ1) is 20.8. The molecule has 0 aliphatic rings. The molecule has 5 aromatic rings. The van der Waals surface area contributed by atoms with Crippen molar-refractivity contribution in [1.29, 1.82) is 0 Å². The monoisotopic (exact) mass is 455 g/mol. The lowest BCUT2D eigenvalue weighted by Gasteiger charge is -2.08. The highest BCUT2D eigenvalue weighted by atomic mass is 32.1. The van der Waals surface area contributed by atoms with Crippen molar-refractivity contribution in [3.8, 4) is 17.0 Å². The predicted octanol–water partition coefficient (Wildman–Crippen LogP) is 5.23. The molecule has 3 aromatic heterocycles. The fraction of sp³-hybridized carbons (Fsp3) is 0.120. The van der Waals surface area contributed by atoms with Crippen molar-refractivity contribution < 1.29 is 9.53 Å². The Morgan fingerprint density at radius 3 is 2.55 bits per heavy atom. The first-order valence-corrected chi connectivity index (χ1v) is 11.3. The molecule has 0 aliphatic heterocycles. The molecule has 0 saturated heterocycles. The van der Waals surface area contributed by atoms with E-state index in [1.807, 2.05) is 86.1 Å². The fourth-order valence-corrected chi connectivity index (χ4v) is 4.34. The van der Waals surface area contributed by atoms with Crippen molar-refractivity contribution in [1.82, 2.24) is 19.7 Å². The minimum absolute atomic E-state index is 0.249. The lowest BCUT2D eigenvalue weighted by atomic mass is 10.1. The number of fused-ring (bicyclic) bond motifs is 1. The van der Waals surface area contributed by atoms with Crippen LogP contribution in [-0.4, -0.2) is 25.7 Å². The fourth-order valence-electron chi connectivity index (χ4n) is 3.65. The number of carbonyl (C=O) groups excluding carboxylic acids is 1. The van der Waals surface area contributed by atoms with Crippen LogP contribution in [0.3, 0.4) is 0 Å². The molecule has 0 fully saturated rings. The number of hydrogen-bond acceptors (Lipinski definition) is 6. The van der Waals surface area contributed by atoms with Gasteiger partial charge >= 0.3 is 0 Å². The zero-order chi connectivity index (χ0) is 22.8. The maximum absolute atomic E-state index is 13.3. The SMILES string of the molecule is Cc1nn(C)c2nc(-c3ccccc3)cc(C(=O)Nc3nc(COc4ccccc4)cs3)c12. The lowest BCUT2D eigenvalue weighted by molar-refractivity contribution is 0.102. The number of carbonyl (C=O) groups is 1. The number of ether oxygens (including phenoxy) is 1. The van der Waals surface area contributed by atoms with E-state index in [1.54, 1.807) is 4.68 Å². The van der Waals surface area contributed by atoms with Gasteiger partial charge in [0.1, 0.15) is 12.4 Å². The topological polar surface area (TPSA) is 81.9 Å². The summed E-state index contributed by atoms with van der Waals surface area (Å²) in [5.74, 6) is 0.524. The molecule has 8 heteroatoms. The average molecular weight is 456 g/mol. The smallest absolute Gasteiger partial charge is 0.258 e. The number of para-hydroxylation sites is 1. The number of anilines is 1. The molecule has 2 aromatic carbocycles. The molecule has 0 spiro atoms. The van der Waals surface area contributed by atoms with Gasteiger partial charge in [-0.2, -0.15) is 5.10 Å². The summed E-state index contributed by atoms with van der Waals surface area (Å²) in [6.45, 7) is 2.21. The molecule has 0 bridgehead atoms. The number of pyridine rings is 1. The standard InChI is InChI=1S/C25H21N5O2S/c1-16-22-20(13-21(17-9-5-3-6-10-17)27-23(22)30(2)29-16)24(31)28-25-26-18(15-33-25)14-32-19-11-7-4-8-12-19/h3-13,15H,14H2,1-2H3,(H,26,28,31). The minimum atomic E-state index is -0.249. The third-order valence-electron chi connectivity index (χ3n) is 5.18. The van der Waals surface area contributed by atoms with Crippen LogP contribution in [0.1, 0.15) is 21.7 Å². The lowest BCUT2D eigenvalue weighted by Crippen LogP contribution is -2.13. The van der Waals surface area contributed by atoms with Gasteiger partial charge < -0.3 is 4.74 Å². The summed E-state index contributed by atoms with van der Waals surface area (Å²) in [5, 5.41) is 10.5. The van der Waals surface area contributed by atoms with Crippen LogP contribution in [0.5, 0.6) is 5.75 Å². The number of rotatable bonds is 6. The van der Waals surface area contributed by atoms with Crippen LogP contribution in [-0.2, 0) is 13.7 Å². The van der Waals surface area contributed by atoms with Crippen LogP contribution in [0.15, 0.2) is 72.1 Å². The van der Waals surface area contributed by atoms with Gasteiger partial charge in [-0.3, -0.25) is 14.8 Å². The van der Waals surface area contributed by atoms with Crippen LogP contribution in [0.4, 0.5) is 5.13 Å². The van der Waals surface area contributed by atoms with Crippen molar-refractivity contribution >= 4 is 33.4 Å². The highest BCUT2D eigenvalue weighted by molar-refractivity contribution is 7.14. The summed E-state index contributed by atoms with van der Waals surface area (Å²) in [4.78, 5) is 22.6. The highest BCUT2D eigenvalue weighted by Crippen LogP contribution is 2.28. The molecular formula is C25H21N5O2S. The number of thiazole rings is 1. The van der Waals surface area contributed by atoms with Gasteiger partial charge in [0.2, 0.25) is 0 Å². The average Bonchev–Trinajstić information content (AvgIpc) is 3.41. The Hall–Kier alpha value is -4.04. The van der Waals surface area contributed by atoms with Crippen molar-refractivity contribution in [2.45, 2.75) is 13.5 Å². The Kier molecular flexibility index (Phi) is 5.58. The van der Waals surface area contributed by atoms with Crippen molar-refractivity contribution in [2.24, 2.45) is 7.05 Å². The van der Waals surface area contributed by atoms with Crippen LogP contribution < -0.4 is 10.1 Å². The second-order valence-corrected chi connectivity index (χ2v) is 8.39. The quantitative estimate of drug-likeness (QED) is 0.379. The van der Waals surface area contributed by atoms with Gasteiger partial charge in [0, 0.05) is 18.0 Å². The van der Waals surface area contributed by atoms with E-state index in [0.29, 0.717) is 28.6 Å². The maximum Gasteiger partial charge on any atom is 0.258 e. The highest BCUT2D eigenvalue weighted by Gasteiger charge is 2.20. The van der Waals surface area contributed by atoms with Gasteiger partial charge in [-0.15, -0.1) is 11.3 Å². The van der Waals surface area contributed by atoms with Gasteiger partial charge in [0.15, 0.2) is 10.8 Å². The Bertz CT molecular complexity index is 1430. The third kappa shape index (κ3) is 4.33. The molecule has 0 unspecified atom stereocenters. The molecule has 3 heterocycles. The third-order valence-corrected chi connectivity index (χ3v) is 5.99. The van der Waals surface area contributed by atoms with Crippen molar-refractivity contribution in [3.63, 3.8) is 0 Å². The van der Waals surface area contributed by atoms with E-state index in [-0.39, 0.29) is 5.91 Å². The van der Waals surface area contributed by atoms with Gasteiger partial charge in [0.25, 0.3) is 5.91 Å². The van der Waals surface area contributed by atoms with E-state index in [4.69, 9.17) is 9.72 Å². The molecule has 0 saturated carbocycles. The first-order valence-electron chi connectivity index (χ1n) is 10.4. The number of nitrogens with one attached hydrogen (secondary N) is 1. The second-order valence-electron chi connectivity index (χ2n) is 7.53. The van der Waals surface area contributed by atoms with Crippen LogP contribution >= 0.6 is 11.3 Å². The molecule has 0 atom stereocenters. The van der Waals surface area contributed by atoms with Crippen molar-refractivity contribution in [2.75, 3.05) is 5.32 Å². The van der Waals surface area contributed by atoms with Gasteiger partial charge in [-0.25, -0.2) is 9.97 Å². The van der Waals surface area contributed by atoms with Crippen LogP contribution in [0.25, 0.3) is 22.3 Å². The summed E-state index contributed by atoms with van der Waals surface area (Å²) in [6, 6.07) is 21.2. The number of aryl methyl sites for hydroxylation is 2. The largest absolute Gasteiger partial charge is 0.487 e. The van der Waals surface area contributed by atoms with Gasteiger partial charge in [-0.1, -0.05) is 48.5 Å². The Morgan fingerprint density at radius 1 is 1.06 bits per heavy atom. The van der Waals surface area contributed by atoms with E-state index < -0.39 is 0 Å². The summed E-state index contributed by atoms with van der Waals surface area (Å²) >= 11 is 1.36. The van der Waals surface area contributed by atoms with Gasteiger partial charge in [0.05, 0.1) is 28.0 Å². The normalized spacial score (nSPS) is 11.0. The molecule has 1 N–H and O–H groups in total. The predicted molar refractivity (Wildman–Crippen MR) is 130 cm³/mol. The number of aromatic nitrogens is 4. The summed E-state index contributed by atoms with van der Waals surface area (Å²) in [7, 11) is 1.83. The molecular weight excluding hydrogens is 434 g/mol. The van der Waals surface area contributed by atoms with Crippen LogP contribution in [0, 0.1) is 6.92 Å². The van der Waals surface area contributed by atoms with Crippen molar-refractivity contribution in [3.05, 3.63) is 89.1 Å². The number of hydrogen-bond donors (Lipinski definition) is 1. The summed E-state index contributed by atoms with van der Waals surface area (Å²) in [5.41, 5.74) is 4.33. The van der Waals surface area contributed by atoms with E-state index in [0.717, 1.165) is 28.1 Å². The molecule has 1 amide bonds. The Labute approximate surface area is 194 Å². The van der Waals surface area contributed by atoms with Crippen LogP contribution in [0.2, 0.25) is 0 Å². The zero-order valence-corrected chi connectivity index (χ0v) is 19.0. The minimum Gasteiger partial charge on any atom is -0.487 e. The molecule has 5 rings (SSSR count).